The van der Waals surface area contributed by atoms with Gasteiger partial charge < -0.3 is 10.6 Å². The van der Waals surface area contributed by atoms with Gasteiger partial charge in [-0.3, -0.25) is 4.79 Å². The highest BCUT2D eigenvalue weighted by Gasteiger charge is 2.15. The van der Waals surface area contributed by atoms with Gasteiger partial charge in [-0.2, -0.15) is 5.10 Å². The van der Waals surface area contributed by atoms with Gasteiger partial charge in [0, 0.05) is 13.1 Å². The molecule has 0 bridgehead atoms. The lowest BCUT2D eigenvalue weighted by atomic mass is 10.1. The number of amides is 1. The lowest BCUT2D eigenvalue weighted by Crippen LogP contribution is -2.34. The van der Waals surface area contributed by atoms with Crippen molar-refractivity contribution in [3.63, 3.8) is 0 Å². The lowest BCUT2D eigenvalue weighted by molar-refractivity contribution is -0.123. The average molecular weight is 235 g/mol. The first kappa shape index (κ1) is 11.8. The van der Waals surface area contributed by atoms with Crippen molar-refractivity contribution in [2.75, 3.05) is 19.6 Å². The zero-order chi connectivity index (χ0) is 12.1. The molecule has 1 aromatic rings. The molecule has 0 saturated heterocycles. The molecule has 92 valence electrons. The summed E-state index contributed by atoms with van der Waals surface area (Å²) in [7, 11) is 0. The Kier molecular flexibility index (Phi) is 3.87. The van der Waals surface area contributed by atoms with E-state index in [-0.39, 0.29) is 11.9 Å². The Morgan fingerprint density at radius 1 is 1.71 bits per heavy atom. The smallest absolute Gasteiger partial charge is 0.244 e. The summed E-state index contributed by atoms with van der Waals surface area (Å²) in [5, 5.41) is 10.1. The molecule has 2 rings (SSSR count). The summed E-state index contributed by atoms with van der Waals surface area (Å²) in [6, 6.07) is -0.320. The van der Waals surface area contributed by atoms with E-state index in [2.05, 4.69) is 26.8 Å². The van der Waals surface area contributed by atoms with Crippen LogP contribution in [0.3, 0.4) is 0 Å². The number of rotatable bonds is 4. The van der Waals surface area contributed by atoms with Crippen molar-refractivity contribution >= 4 is 5.91 Å². The number of hydrogen-bond acceptors (Lipinski definition) is 4. The molecule has 6 nitrogen and oxygen atoms in total. The van der Waals surface area contributed by atoms with Crippen LogP contribution < -0.4 is 10.6 Å². The molecule has 0 fully saturated rings. The minimum atomic E-state index is -0.320. The Hall–Kier alpha value is -1.69. The molecule has 2 heterocycles. The van der Waals surface area contributed by atoms with Crippen molar-refractivity contribution in [2.45, 2.75) is 19.4 Å². The number of nitrogens with one attached hydrogen (secondary N) is 2. The first-order chi connectivity index (χ1) is 8.27. The van der Waals surface area contributed by atoms with E-state index in [0.29, 0.717) is 6.54 Å². The molecule has 1 unspecified atom stereocenters. The van der Waals surface area contributed by atoms with Gasteiger partial charge in [0.2, 0.25) is 5.91 Å². The van der Waals surface area contributed by atoms with Gasteiger partial charge in [0.15, 0.2) is 0 Å². The third kappa shape index (κ3) is 3.13. The van der Waals surface area contributed by atoms with E-state index in [4.69, 9.17) is 0 Å². The van der Waals surface area contributed by atoms with Crippen LogP contribution >= 0.6 is 0 Å². The van der Waals surface area contributed by atoms with E-state index < -0.39 is 0 Å². The summed E-state index contributed by atoms with van der Waals surface area (Å²) in [6.07, 6.45) is 6.11. The zero-order valence-electron chi connectivity index (χ0n) is 9.89. The third-order valence-corrected chi connectivity index (χ3v) is 2.86. The van der Waals surface area contributed by atoms with Crippen LogP contribution in [-0.4, -0.2) is 40.3 Å². The molecule has 1 aromatic heterocycles. The molecule has 1 aliphatic heterocycles. The second-order valence-electron chi connectivity index (χ2n) is 4.09. The van der Waals surface area contributed by atoms with Crippen LogP contribution in [0.2, 0.25) is 0 Å². The lowest BCUT2D eigenvalue weighted by Gasteiger charge is -2.16. The van der Waals surface area contributed by atoms with Crippen molar-refractivity contribution < 1.29 is 4.79 Å². The Morgan fingerprint density at radius 2 is 2.59 bits per heavy atom. The quantitative estimate of drug-likeness (QED) is 0.713. The van der Waals surface area contributed by atoms with Crippen LogP contribution in [0.5, 0.6) is 0 Å². The molecule has 0 aromatic carbocycles. The van der Waals surface area contributed by atoms with Crippen molar-refractivity contribution in [3.05, 3.63) is 24.3 Å². The van der Waals surface area contributed by atoms with Crippen LogP contribution in [0.4, 0.5) is 0 Å². The van der Waals surface area contributed by atoms with E-state index in [1.165, 1.54) is 11.9 Å². The van der Waals surface area contributed by atoms with Gasteiger partial charge in [-0.15, -0.1) is 0 Å². The van der Waals surface area contributed by atoms with Gasteiger partial charge in [-0.1, -0.05) is 11.6 Å². The van der Waals surface area contributed by atoms with Gasteiger partial charge in [0.1, 0.15) is 18.7 Å². The van der Waals surface area contributed by atoms with Gasteiger partial charge >= 0.3 is 0 Å². The van der Waals surface area contributed by atoms with Crippen LogP contribution in [0.1, 0.15) is 19.4 Å². The predicted molar refractivity (Wildman–Crippen MR) is 63.3 cm³/mol. The number of carbonyl (C=O) groups is 1. The molecule has 0 saturated carbocycles. The maximum absolute atomic E-state index is 11.8. The summed E-state index contributed by atoms with van der Waals surface area (Å²) < 4.78 is 1.55. The minimum Gasteiger partial charge on any atom is -0.351 e. The normalized spacial score (nSPS) is 17.4. The van der Waals surface area contributed by atoms with Crippen molar-refractivity contribution in [1.29, 1.82) is 0 Å². The zero-order valence-corrected chi connectivity index (χ0v) is 9.89. The molecule has 1 aliphatic rings. The van der Waals surface area contributed by atoms with Gasteiger partial charge in [0.25, 0.3) is 0 Å². The van der Waals surface area contributed by atoms with Crippen molar-refractivity contribution in [3.8, 4) is 0 Å². The second-order valence-corrected chi connectivity index (χ2v) is 4.09. The fourth-order valence-corrected chi connectivity index (χ4v) is 1.72. The van der Waals surface area contributed by atoms with Gasteiger partial charge in [-0.25, -0.2) is 9.67 Å². The fourth-order valence-electron chi connectivity index (χ4n) is 1.72. The first-order valence-electron chi connectivity index (χ1n) is 5.78. The Morgan fingerprint density at radius 3 is 3.24 bits per heavy atom. The highest BCUT2D eigenvalue weighted by atomic mass is 16.2. The summed E-state index contributed by atoms with van der Waals surface area (Å²) in [5.41, 5.74) is 1.28. The van der Waals surface area contributed by atoms with Crippen LogP contribution in [0, 0.1) is 0 Å². The van der Waals surface area contributed by atoms with Crippen LogP contribution in [0.25, 0.3) is 0 Å². The topological polar surface area (TPSA) is 71.8 Å². The molecule has 2 N–H and O–H groups in total. The van der Waals surface area contributed by atoms with Gasteiger partial charge in [0.05, 0.1) is 0 Å². The van der Waals surface area contributed by atoms with E-state index >= 15 is 0 Å². The Bertz CT molecular complexity index is 398. The van der Waals surface area contributed by atoms with Crippen LogP contribution in [-0.2, 0) is 4.79 Å². The van der Waals surface area contributed by atoms with Crippen molar-refractivity contribution in [2.24, 2.45) is 0 Å². The largest absolute Gasteiger partial charge is 0.351 e. The highest BCUT2D eigenvalue weighted by molar-refractivity contribution is 5.79. The number of aromatic nitrogens is 3. The van der Waals surface area contributed by atoms with E-state index in [1.54, 1.807) is 17.9 Å². The summed E-state index contributed by atoms with van der Waals surface area (Å²) in [4.78, 5) is 15.7. The SMILES string of the molecule is CC(C(=O)NCC1=CCNCC1)n1cncn1. The molecule has 1 atom stereocenters. The molecule has 0 spiro atoms. The minimum absolute atomic E-state index is 0.0325. The molecule has 0 aliphatic carbocycles. The van der Waals surface area contributed by atoms with Crippen LogP contribution in [0.15, 0.2) is 24.3 Å². The molecule has 0 radical (unpaired) electrons. The van der Waals surface area contributed by atoms with E-state index in [0.717, 1.165) is 19.5 Å². The molecular formula is C11H17N5O. The average Bonchev–Trinajstić information content (AvgIpc) is 2.90. The number of nitrogens with zero attached hydrogens (tertiary/aromatic N) is 3. The number of hydrogen-bond donors (Lipinski definition) is 2. The summed E-state index contributed by atoms with van der Waals surface area (Å²) in [6.45, 7) is 4.31. The Labute approximate surface area is 100 Å². The van der Waals surface area contributed by atoms with Gasteiger partial charge in [-0.05, 0) is 19.9 Å². The highest BCUT2D eigenvalue weighted by Crippen LogP contribution is 2.05. The summed E-state index contributed by atoms with van der Waals surface area (Å²) >= 11 is 0. The first-order valence-corrected chi connectivity index (χ1v) is 5.78. The monoisotopic (exact) mass is 235 g/mol. The van der Waals surface area contributed by atoms with Crippen molar-refractivity contribution in [1.82, 2.24) is 25.4 Å². The maximum Gasteiger partial charge on any atom is 0.244 e. The predicted octanol–water partition coefficient (Wildman–Crippen LogP) is -0.125. The molecule has 6 heteroatoms. The fraction of sp³-hybridized carbons (Fsp3) is 0.545. The van der Waals surface area contributed by atoms with E-state index in [1.807, 2.05) is 0 Å². The standard InChI is InChI=1S/C11H17N5O/c1-9(16-8-13-7-15-16)11(17)14-6-10-2-4-12-5-3-10/h2,7-9,12H,3-6H2,1H3,(H,14,17). The third-order valence-electron chi connectivity index (χ3n) is 2.86. The second kappa shape index (κ2) is 5.58. The summed E-state index contributed by atoms with van der Waals surface area (Å²) in [5.74, 6) is -0.0325. The molecule has 17 heavy (non-hydrogen) atoms. The molecule has 1 amide bonds. The van der Waals surface area contributed by atoms with E-state index in [9.17, 15) is 4.79 Å². The Balaban J connectivity index is 1.83. The maximum atomic E-state index is 11.8. The number of carbonyl (C=O) groups excluding carboxylic acids is 1. The molecular weight excluding hydrogens is 218 g/mol.